The number of imidazole rings is 1. The summed E-state index contributed by atoms with van der Waals surface area (Å²) in [6.07, 6.45) is 5.46. The summed E-state index contributed by atoms with van der Waals surface area (Å²) in [7, 11) is 0. The van der Waals surface area contributed by atoms with Crippen LogP contribution in [-0.2, 0) is 0 Å². The van der Waals surface area contributed by atoms with Crippen LogP contribution in [-0.4, -0.2) is 51.3 Å². The van der Waals surface area contributed by atoms with Crippen molar-refractivity contribution in [2.45, 2.75) is 0 Å². The molecule has 4 rings (SSSR count). The Hall–Kier alpha value is -2.09. The van der Waals surface area contributed by atoms with Gasteiger partial charge in [0, 0.05) is 44.8 Å². The second-order valence-corrected chi connectivity index (χ2v) is 5.75. The van der Waals surface area contributed by atoms with E-state index >= 15 is 0 Å². The molecule has 21 heavy (non-hydrogen) atoms. The lowest BCUT2D eigenvalue weighted by atomic mass is 10.2. The standard InChI is InChI=1S/C13H14BrN7/c14-11-10-9(1-2-15-12(10)19-18-11)20-5-7-21(8-6-20)13-16-3-4-17-13/h1-4H,5-8H2,(H,16,17)(H,15,18,19). The van der Waals surface area contributed by atoms with Crippen molar-refractivity contribution in [3.8, 4) is 0 Å². The minimum Gasteiger partial charge on any atom is -0.367 e. The topological polar surface area (TPSA) is 76.7 Å². The van der Waals surface area contributed by atoms with Crippen LogP contribution in [0.2, 0.25) is 0 Å². The summed E-state index contributed by atoms with van der Waals surface area (Å²) in [5, 5.41) is 8.18. The zero-order chi connectivity index (χ0) is 14.2. The molecule has 1 saturated heterocycles. The Labute approximate surface area is 129 Å². The number of anilines is 2. The van der Waals surface area contributed by atoms with Gasteiger partial charge in [-0.3, -0.25) is 5.10 Å². The average molecular weight is 348 g/mol. The molecule has 0 aromatic carbocycles. The van der Waals surface area contributed by atoms with Gasteiger partial charge in [0.2, 0.25) is 5.95 Å². The molecule has 0 saturated carbocycles. The van der Waals surface area contributed by atoms with Crippen LogP contribution >= 0.6 is 15.9 Å². The summed E-state index contributed by atoms with van der Waals surface area (Å²) < 4.78 is 0.883. The highest BCUT2D eigenvalue weighted by atomic mass is 79.9. The number of rotatable bonds is 2. The number of fused-ring (bicyclic) bond motifs is 1. The Morgan fingerprint density at radius 1 is 1.05 bits per heavy atom. The maximum atomic E-state index is 4.31. The molecular weight excluding hydrogens is 334 g/mol. The quantitative estimate of drug-likeness (QED) is 0.738. The lowest BCUT2D eigenvalue weighted by Crippen LogP contribution is -2.47. The highest BCUT2D eigenvalue weighted by molar-refractivity contribution is 9.10. The number of halogens is 1. The largest absolute Gasteiger partial charge is 0.367 e. The molecule has 108 valence electrons. The van der Waals surface area contributed by atoms with E-state index in [1.807, 2.05) is 18.5 Å². The zero-order valence-corrected chi connectivity index (χ0v) is 12.8. The highest BCUT2D eigenvalue weighted by Gasteiger charge is 2.21. The summed E-state index contributed by atoms with van der Waals surface area (Å²) >= 11 is 3.52. The van der Waals surface area contributed by atoms with Crippen LogP contribution in [0.15, 0.2) is 29.3 Å². The van der Waals surface area contributed by atoms with Crippen molar-refractivity contribution in [1.29, 1.82) is 0 Å². The van der Waals surface area contributed by atoms with Crippen molar-refractivity contribution >= 4 is 38.6 Å². The van der Waals surface area contributed by atoms with E-state index in [1.165, 1.54) is 5.69 Å². The maximum absolute atomic E-state index is 4.31. The number of piperazine rings is 1. The van der Waals surface area contributed by atoms with E-state index < -0.39 is 0 Å². The molecular formula is C13H14BrN7. The van der Waals surface area contributed by atoms with Gasteiger partial charge in [-0.15, -0.1) is 0 Å². The van der Waals surface area contributed by atoms with E-state index in [-0.39, 0.29) is 0 Å². The molecule has 4 heterocycles. The van der Waals surface area contributed by atoms with E-state index in [9.17, 15) is 0 Å². The maximum Gasteiger partial charge on any atom is 0.202 e. The Kier molecular flexibility index (Phi) is 3.03. The predicted molar refractivity (Wildman–Crippen MR) is 84.6 cm³/mol. The zero-order valence-electron chi connectivity index (χ0n) is 11.3. The summed E-state index contributed by atoms with van der Waals surface area (Å²) in [6, 6.07) is 2.05. The fraction of sp³-hybridized carbons (Fsp3) is 0.308. The second kappa shape index (κ2) is 5.03. The minimum atomic E-state index is 0.743. The van der Waals surface area contributed by atoms with Gasteiger partial charge in [0.25, 0.3) is 0 Å². The number of hydrogen-bond acceptors (Lipinski definition) is 5. The van der Waals surface area contributed by atoms with Crippen LogP contribution in [0, 0.1) is 0 Å². The number of hydrogen-bond donors (Lipinski definition) is 2. The fourth-order valence-electron chi connectivity index (χ4n) is 2.75. The van der Waals surface area contributed by atoms with Crippen molar-refractivity contribution in [2.75, 3.05) is 36.0 Å². The van der Waals surface area contributed by atoms with Crippen LogP contribution in [0.3, 0.4) is 0 Å². The lowest BCUT2D eigenvalue weighted by Gasteiger charge is -2.36. The number of aromatic amines is 2. The Morgan fingerprint density at radius 3 is 2.62 bits per heavy atom. The minimum absolute atomic E-state index is 0.743. The first kappa shape index (κ1) is 12.6. The summed E-state index contributed by atoms with van der Waals surface area (Å²) in [5.41, 5.74) is 1.91. The first-order chi connectivity index (χ1) is 10.3. The SMILES string of the molecule is Brc1[nH]nc2nccc(N3CCN(c4ncc[nH]4)CC3)c12. The van der Waals surface area contributed by atoms with E-state index in [2.05, 4.69) is 50.9 Å². The molecule has 1 fully saturated rings. The van der Waals surface area contributed by atoms with E-state index in [1.54, 1.807) is 6.20 Å². The number of pyridine rings is 1. The van der Waals surface area contributed by atoms with Crippen LogP contribution in [0.1, 0.15) is 0 Å². The van der Waals surface area contributed by atoms with E-state index in [0.717, 1.165) is 47.8 Å². The first-order valence-corrected chi connectivity index (χ1v) is 7.60. The molecule has 2 N–H and O–H groups in total. The van der Waals surface area contributed by atoms with E-state index in [0.29, 0.717) is 0 Å². The predicted octanol–water partition coefficient (Wildman–Crippen LogP) is 1.77. The van der Waals surface area contributed by atoms with Gasteiger partial charge in [0.15, 0.2) is 5.65 Å². The monoisotopic (exact) mass is 347 g/mol. The van der Waals surface area contributed by atoms with Crippen molar-refractivity contribution < 1.29 is 0 Å². The molecule has 8 heteroatoms. The Bertz CT molecular complexity index is 743. The number of nitrogens with zero attached hydrogens (tertiary/aromatic N) is 5. The molecule has 3 aromatic heterocycles. The normalized spacial score (nSPS) is 15.9. The fourth-order valence-corrected chi connectivity index (χ4v) is 3.22. The van der Waals surface area contributed by atoms with Crippen molar-refractivity contribution in [3.05, 3.63) is 29.3 Å². The second-order valence-electron chi connectivity index (χ2n) is 4.95. The molecule has 0 radical (unpaired) electrons. The molecule has 3 aromatic rings. The molecule has 0 amide bonds. The van der Waals surface area contributed by atoms with Gasteiger partial charge >= 0.3 is 0 Å². The van der Waals surface area contributed by atoms with Gasteiger partial charge in [-0.25, -0.2) is 9.97 Å². The van der Waals surface area contributed by atoms with Gasteiger partial charge < -0.3 is 14.8 Å². The van der Waals surface area contributed by atoms with Gasteiger partial charge in [-0.1, -0.05) is 0 Å². The van der Waals surface area contributed by atoms with Crippen LogP contribution in [0.4, 0.5) is 11.6 Å². The molecule has 0 bridgehead atoms. The van der Waals surface area contributed by atoms with Gasteiger partial charge in [0.1, 0.15) is 4.60 Å². The molecule has 1 aliphatic heterocycles. The third kappa shape index (κ3) is 2.15. The van der Waals surface area contributed by atoms with Gasteiger partial charge in [-0.05, 0) is 22.0 Å². The lowest BCUT2D eigenvalue weighted by molar-refractivity contribution is 0.644. The Balaban J connectivity index is 1.59. The molecule has 0 spiro atoms. The third-order valence-electron chi connectivity index (χ3n) is 3.79. The summed E-state index contributed by atoms with van der Waals surface area (Å²) in [6.45, 7) is 3.76. The highest BCUT2D eigenvalue weighted by Crippen LogP contribution is 2.30. The molecule has 0 unspecified atom stereocenters. The average Bonchev–Trinajstić information content (AvgIpc) is 3.18. The summed E-state index contributed by atoms with van der Waals surface area (Å²) in [4.78, 5) is 16.4. The smallest absolute Gasteiger partial charge is 0.202 e. The van der Waals surface area contributed by atoms with Crippen molar-refractivity contribution in [3.63, 3.8) is 0 Å². The van der Waals surface area contributed by atoms with Crippen LogP contribution in [0.5, 0.6) is 0 Å². The van der Waals surface area contributed by atoms with E-state index in [4.69, 9.17) is 0 Å². The first-order valence-electron chi connectivity index (χ1n) is 6.81. The van der Waals surface area contributed by atoms with Crippen molar-refractivity contribution in [2.24, 2.45) is 0 Å². The molecule has 7 nitrogen and oxygen atoms in total. The van der Waals surface area contributed by atoms with Crippen LogP contribution < -0.4 is 9.80 Å². The number of H-pyrrole nitrogens is 2. The summed E-state index contributed by atoms with van der Waals surface area (Å²) in [5.74, 6) is 0.944. The third-order valence-corrected chi connectivity index (χ3v) is 4.37. The van der Waals surface area contributed by atoms with Gasteiger partial charge in [0.05, 0.1) is 11.1 Å². The Morgan fingerprint density at radius 2 is 1.86 bits per heavy atom. The van der Waals surface area contributed by atoms with Crippen molar-refractivity contribution in [1.82, 2.24) is 25.1 Å². The number of nitrogens with one attached hydrogen (secondary N) is 2. The molecule has 0 aliphatic carbocycles. The van der Waals surface area contributed by atoms with Gasteiger partial charge in [-0.2, -0.15) is 5.10 Å². The molecule has 1 aliphatic rings. The molecule has 0 atom stereocenters. The number of aromatic nitrogens is 5. The van der Waals surface area contributed by atoms with Crippen LogP contribution in [0.25, 0.3) is 11.0 Å².